The van der Waals surface area contributed by atoms with Gasteiger partial charge in [-0.15, -0.1) is 0 Å². The number of aryl methyl sites for hydroxylation is 1. The molecule has 88 valence electrons. The van der Waals surface area contributed by atoms with Crippen molar-refractivity contribution in [1.29, 1.82) is 0 Å². The lowest BCUT2D eigenvalue weighted by atomic mass is 10.2. The lowest BCUT2D eigenvalue weighted by Crippen LogP contribution is -2.38. The van der Waals surface area contributed by atoms with Crippen molar-refractivity contribution in [3.05, 3.63) is 18.0 Å². The summed E-state index contributed by atoms with van der Waals surface area (Å²) in [4.78, 5) is 20.9. The Morgan fingerprint density at radius 1 is 1.62 bits per heavy atom. The van der Waals surface area contributed by atoms with Crippen LogP contribution in [-0.4, -0.2) is 33.6 Å². The van der Waals surface area contributed by atoms with Crippen molar-refractivity contribution < 1.29 is 9.90 Å². The molecule has 1 atom stereocenters. The molecule has 1 aromatic rings. The minimum Gasteiger partial charge on any atom is -0.480 e. The van der Waals surface area contributed by atoms with Crippen molar-refractivity contribution in [2.75, 3.05) is 11.4 Å². The van der Waals surface area contributed by atoms with Crippen LogP contribution < -0.4 is 4.90 Å². The first kappa shape index (κ1) is 12.4. The van der Waals surface area contributed by atoms with Crippen molar-refractivity contribution in [3.8, 4) is 0 Å². The molecule has 1 rings (SSSR count). The Bertz CT molecular complexity index is 368. The van der Waals surface area contributed by atoms with E-state index < -0.39 is 5.97 Å². The van der Waals surface area contributed by atoms with Crippen LogP contribution in [0.1, 0.15) is 26.0 Å². The minimum absolute atomic E-state index is 0.0710. The van der Waals surface area contributed by atoms with Gasteiger partial charge in [-0.25, -0.2) is 9.97 Å². The number of aromatic nitrogens is 2. The van der Waals surface area contributed by atoms with E-state index in [1.807, 2.05) is 20.8 Å². The van der Waals surface area contributed by atoms with Gasteiger partial charge in [0.25, 0.3) is 0 Å². The smallest absolute Gasteiger partial charge is 0.323 e. The second kappa shape index (κ2) is 5.44. The predicted octanol–water partition coefficient (Wildman–Crippen LogP) is 1.47. The zero-order valence-electron chi connectivity index (χ0n) is 9.84. The second-order valence-electron chi connectivity index (χ2n) is 3.78. The fraction of sp³-hybridized carbons (Fsp3) is 0.545. The summed E-state index contributed by atoms with van der Waals surface area (Å²) in [5.74, 6) is -0.387. The molecule has 0 saturated carbocycles. The molecule has 1 unspecified atom stereocenters. The standard InChI is InChI=1S/C11H17N3O2/c1-4-9(3)14(7-10(15)16)11-12-6-5-8(2)13-11/h5-6,9H,4,7H2,1-3H3,(H,15,16). The van der Waals surface area contributed by atoms with Crippen molar-refractivity contribution in [2.45, 2.75) is 33.2 Å². The minimum atomic E-state index is -0.870. The first-order valence-corrected chi connectivity index (χ1v) is 5.32. The van der Waals surface area contributed by atoms with Gasteiger partial charge < -0.3 is 10.0 Å². The highest BCUT2D eigenvalue weighted by atomic mass is 16.4. The van der Waals surface area contributed by atoms with Crippen molar-refractivity contribution in [3.63, 3.8) is 0 Å². The Morgan fingerprint density at radius 2 is 2.31 bits per heavy atom. The Hall–Kier alpha value is -1.65. The van der Waals surface area contributed by atoms with Gasteiger partial charge in [-0.05, 0) is 26.3 Å². The van der Waals surface area contributed by atoms with E-state index in [4.69, 9.17) is 5.11 Å². The Balaban J connectivity index is 2.95. The molecule has 0 aliphatic carbocycles. The van der Waals surface area contributed by atoms with Crippen LogP contribution in [0.3, 0.4) is 0 Å². The number of aliphatic carboxylic acids is 1. The van der Waals surface area contributed by atoms with E-state index in [2.05, 4.69) is 9.97 Å². The molecule has 0 aliphatic heterocycles. The molecule has 16 heavy (non-hydrogen) atoms. The van der Waals surface area contributed by atoms with Crippen LogP contribution in [-0.2, 0) is 4.79 Å². The van der Waals surface area contributed by atoms with Gasteiger partial charge in [0.1, 0.15) is 6.54 Å². The molecule has 0 amide bonds. The first-order chi connectivity index (χ1) is 7.54. The van der Waals surface area contributed by atoms with Crippen LogP contribution >= 0.6 is 0 Å². The van der Waals surface area contributed by atoms with Gasteiger partial charge in [-0.1, -0.05) is 6.92 Å². The van der Waals surface area contributed by atoms with Gasteiger partial charge in [0.2, 0.25) is 5.95 Å². The number of carboxylic acids is 1. The van der Waals surface area contributed by atoms with Gasteiger partial charge in [0, 0.05) is 17.9 Å². The summed E-state index contributed by atoms with van der Waals surface area (Å²) < 4.78 is 0. The van der Waals surface area contributed by atoms with Crippen molar-refractivity contribution in [2.24, 2.45) is 0 Å². The number of hydrogen-bond donors (Lipinski definition) is 1. The Kier molecular flexibility index (Phi) is 4.22. The number of nitrogens with zero attached hydrogens (tertiary/aromatic N) is 3. The van der Waals surface area contributed by atoms with E-state index >= 15 is 0 Å². The molecule has 5 nitrogen and oxygen atoms in total. The van der Waals surface area contributed by atoms with Gasteiger partial charge in [-0.3, -0.25) is 4.79 Å². The maximum absolute atomic E-state index is 10.8. The maximum Gasteiger partial charge on any atom is 0.323 e. The molecule has 0 saturated heterocycles. The third-order valence-electron chi connectivity index (χ3n) is 2.47. The third-order valence-corrected chi connectivity index (χ3v) is 2.47. The van der Waals surface area contributed by atoms with Crippen molar-refractivity contribution in [1.82, 2.24) is 9.97 Å². The summed E-state index contributed by atoms with van der Waals surface area (Å²) in [6.45, 7) is 5.77. The molecule has 0 radical (unpaired) electrons. The third kappa shape index (κ3) is 3.18. The van der Waals surface area contributed by atoms with Crippen molar-refractivity contribution >= 4 is 11.9 Å². The molecular weight excluding hydrogens is 206 g/mol. The number of hydrogen-bond acceptors (Lipinski definition) is 4. The molecule has 0 aromatic carbocycles. The number of carbonyl (C=O) groups is 1. The second-order valence-corrected chi connectivity index (χ2v) is 3.78. The molecule has 1 aromatic heterocycles. The van der Waals surface area contributed by atoms with Gasteiger partial charge in [0.05, 0.1) is 0 Å². The average molecular weight is 223 g/mol. The molecule has 0 aliphatic rings. The van der Waals surface area contributed by atoms with E-state index in [0.29, 0.717) is 5.95 Å². The topological polar surface area (TPSA) is 66.3 Å². The van der Waals surface area contributed by atoms with E-state index in [9.17, 15) is 4.79 Å². The van der Waals surface area contributed by atoms with E-state index in [1.165, 1.54) is 0 Å². The molecule has 0 bridgehead atoms. The fourth-order valence-corrected chi connectivity index (χ4v) is 1.36. The SMILES string of the molecule is CCC(C)N(CC(=O)O)c1nccc(C)n1. The quantitative estimate of drug-likeness (QED) is 0.818. The van der Waals surface area contributed by atoms with Gasteiger partial charge in [0.15, 0.2) is 0 Å². The van der Waals surface area contributed by atoms with E-state index in [1.54, 1.807) is 17.2 Å². The summed E-state index contributed by atoms with van der Waals surface area (Å²) in [6, 6.07) is 1.90. The van der Waals surface area contributed by atoms with Crippen LogP contribution in [0.25, 0.3) is 0 Å². The zero-order chi connectivity index (χ0) is 12.1. The van der Waals surface area contributed by atoms with Gasteiger partial charge in [-0.2, -0.15) is 0 Å². The highest BCUT2D eigenvalue weighted by Gasteiger charge is 2.18. The molecular formula is C11H17N3O2. The molecule has 1 N–H and O–H groups in total. The molecule has 0 fully saturated rings. The van der Waals surface area contributed by atoms with Crippen LogP contribution in [0, 0.1) is 6.92 Å². The summed E-state index contributed by atoms with van der Waals surface area (Å²) in [5, 5.41) is 8.86. The Morgan fingerprint density at radius 3 is 2.81 bits per heavy atom. The normalized spacial score (nSPS) is 12.2. The fourth-order valence-electron chi connectivity index (χ4n) is 1.36. The highest BCUT2D eigenvalue weighted by Crippen LogP contribution is 2.12. The molecule has 1 heterocycles. The predicted molar refractivity (Wildman–Crippen MR) is 61.5 cm³/mol. The summed E-state index contributed by atoms with van der Waals surface area (Å²) >= 11 is 0. The first-order valence-electron chi connectivity index (χ1n) is 5.32. The van der Waals surface area contributed by atoms with Crippen LogP contribution in [0.2, 0.25) is 0 Å². The molecule has 0 spiro atoms. The monoisotopic (exact) mass is 223 g/mol. The van der Waals surface area contributed by atoms with E-state index in [-0.39, 0.29) is 12.6 Å². The maximum atomic E-state index is 10.8. The number of carboxylic acid groups (broad SMARTS) is 1. The lowest BCUT2D eigenvalue weighted by molar-refractivity contribution is -0.135. The lowest BCUT2D eigenvalue weighted by Gasteiger charge is -2.26. The van der Waals surface area contributed by atoms with E-state index in [0.717, 1.165) is 12.1 Å². The number of rotatable bonds is 5. The highest BCUT2D eigenvalue weighted by molar-refractivity contribution is 5.72. The van der Waals surface area contributed by atoms with Crippen LogP contribution in [0.15, 0.2) is 12.3 Å². The van der Waals surface area contributed by atoms with Crippen LogP contribution in [0.5, 0.6) is 0 Å². The van der Waals surface area contributed by atoms with Gasteiger partial charge >= 0.3 is 5.97 Å². The average Bonchev–Trinajstić information content (AvgIpc) is 2.24. The Labute approximate surface area is 95.1 Å². The largest absolute Gasteiger partial charge is 0.480 e. The summed E-state index contributed by atoms with van der Waals surface area (Å²) in [5.41, 5.74) is 0.837. The summed E-state index contributed by atoms with van der Waals surface area (Å²) in [6.07, 6.45) is 2.50. The van der Waals surface area contributed by atoms with Crippen LogP contribution in [0.4, 0.5) is 5.95 Å². The summed E-state index contributed by atoms with van der Waals surface area (Å²) in [7, 11) is 0. The molecule has 5 heteroatoms. The number of anilines is 1. The zero-order valence-corrected chi connectivity index (χ0v) is 9.84.